The van der Waals surface area contributed by atoms with E-state index in [9.17, 15) is 0 Å². The zero-order valence-electron chi connectivity index (χ0n) is 10.4. The highest BCUT2D eigenvalue weighted by Crippen LogP contribution is 2.23. The molecule has 3 nitrogen and oxygen atoms in total. The van der Waals surface area contributed by atoms with E-state index in [-0.39, 0.29) is 0 Å². The monoisotopic (exact) mass is 250 g/mol. The van der Waals surface area contributed by atoms with Crippen LogP contribution in [0.25, 0.3) is 10.9 Å². The first kappa shape index (κ1) is 11.5. The van der Waals surface area contributed by atoms with Gasteiger partial charge in [-0.1, -0.05) is 30.3 Å². The van der Waals surface area contributed by atoms with Gasteiger partial charge in [0.15, 0.2) is 0 Å². The number of fused-ring (bicyclic) bond motifs is 1. The topological polar surface area (TPSA) is 48.1 Å². The maximum atomic E-state index is 5.84. The average molecular weight is 250 g/mol. The molecule has 1 aromatic heterocycles. The highest BCUT2D eigenvalue weighted by molar-refractivity contribution is 5.84. The second-order valence-electron chi connectivity index (χ2n) is 4.36. The van der Waals surface area contributed by atoms with Gasteiger partial charge in [0.05, 0.1) is 0 Å². The molecule has 0 atom stereocenters. The Labute approximate surface area is 111 Å². The molecule has 0 fully saturated rings. The van der Waals surface area contributed by atoms with E-state index in [2.05, 4.69) is 4.98 Å². The quantitative estimate of drug-likeness (QED) is 0.725. The van der Waals surface area contributed by atoms with Crippen molar-refractivity contribution in [3.63, 3.8) is 0 Å². The first-order valence-electron chi connectivity index (χ1n) is 6.14. The van der Waals surface area contributed by atoms with Crippen LogP contribution in [0.5, 0.6) is 5.75 Å². The number of rotatable bonds is 3. The molecule has 2 aromatic carbocycles. The van der Waals surface area contributed by atoms with Gasteiger partial charge in [-0.25, -0.2) is 0 Å². The fraction of sp³-hybridized carbons (Fsp3) is 0.0625. The Morgan fingerprint density at radius 3 is 2.58 bits per heavy atom. The standard InChI is InChI=1S/C16H14N2O/c17-14-8-6-12(7-9-14)11-19-15-5-1-3-13-4-2-10-18-16(13)15/h1-10H,11,17H2. The predicted octanol–water partition coefficient (Wildman–Crippen LogP) is 3.40. The van der Waals surface area contributed by atoms with Gasteiger partial charge in [0.25, 0.3) is 0 Å². The van der Waals surface area contributed by atoms with Crippen molar-refractivity contribution >= 4 is 16.6 Å². The van der Waals surface area contributed by atoms with Gasteiger partial charge in [-0.15, -0.1) is 0 Å². The van der Waals surface area contributed by atoms with Crippen LogP contribution in [0.3, 0.4) is 0 Å². The van der Waals surface area contributed by atoms with Gasteiger partial charge < -0.3 is 10.5 Å². The zero-order valence-corrected chi connectivity index (χ0v) is 10.4. The molecule has 0 unspecified atom stereocenters. The Morgan fingerprint density at radius 2 is 1.74 bits per heavy atom. The number of pyridine rings is 1. The fourth-order valence-corrected chi connectivity index (χ4v) is 1.97. The Balaban J connectivity index is 1.84. The molecular weight excluding hydrogens is 236 g/mol. The van der Waals surface area contributed by atoms with Crippen LogP contribution in [0.2, 0.25) is 0 Å². The first-order chi connectivity index (χ1) is 9.33. The van der Waals surface area contributed by atoms with Gasteiger partial charge in [0.1, 0.15) is 17.9 Å². The summed E-state index contributed by atoms with van der Waals surface area (Å²) in [7, 11) is 0. The minimum Gasteiger partial charge on any atom is -0.487 e. The molecule has 0 radical (unpaired) electrons. The van der Waals surface area contributed by atoms with Crippen LogP contribution in [0.15, 0.2) is 60.8 Å². The summed E-state index contributed by atoms with van der Waals surface area (Å²) in [6, 6.07) is 17.6. The molecule has 0 bridgehead atoms. The number of nitrogen functional groups attached to an aromatic ring is 1. The number of benzene rings is 2. The van der Waals surface area contributed by atoms with Gasteiger partial charge in [-0.05, 0) is 29.8 Å². The lowest BCUT2D eigenvalue weighted by Crippen LogP contribution is -1.97. The van der Waals surface area contributed by atoms with Crippen molar-refractivity contribution in [1.82, 2.24) is 4.98 Å². The summed E-state index contributed by atoms with van der Waals surface area (Å²) in [4.78, 5) is 4.36. The van der Waals surface area contributed by atoms with E-state index in [1.807, 2.05) is 54.6 Å². The lowest BCUT2D eigenvalue weighted by molar-refractivity contribution is 0.309. The zero-order chi connectivity index (χ0) is 13.1. The third-order valence-corrected chi connectivity index (χ3v) is 2.97. The molecule has 1 heterocycles. The molecule has 0 aliphatic carbocycles. The van der Waals surface area contributed by atoms with Crippen LogP contribution in [-0.2, 0) is 6.61 Å². The Bertz CT molecular complexity index is 687. The largest absolute Gasteiger partial charge is 0.487 e. The number of nitrogens with two attached hydrogens (primary N) is 1. The molecule has 94 valence electrons. The lowest BCUT2D eigenvalue weighted by Gasteiger charge is -2.08. The Morgan fingerprint density at radius 1 is 0.947 bits per heavy atom. The first-order valence-corrected chi connectivity index (χ1v) is 6.14. The molecule has 3 heteroatoms. The SMILES string of the molecule is Nc1ccc(COc2cccc3cccnc23)cc1. The smallest absolute Gasteiger partial charge is 0.146 e. The average Bonchev–Trinajstić information content (AvgIpc) is 2.47. The van der Waals surface area contributed by atoms with E-state index >= 15 is 0 Å². The molecule has 2 N–H and O–H groups in total. The maximum Gasteiger partial charge on any atom is 0.146 e. The Kier molecular flexibility index (Phi) is 3.02. The van der Waals surface area contributed by atoms with Crippen molar-refractivity contribution in [2.45, 2.75) is 6.61 Å². The molecule has 0 spiro atoms. The highest BCUT2D eigenvalue weighted by atomic mass is 16.5. The van der Waals surface area contributed by atoms with E-state index in [0.29, 0.717) is 6.61 Å². The van der Waals surface area contributed by atoms with E-state index in [1.165, 1.54) is 0 Å². The van der Waals surface area contributed by atoms with Gasteiger partial charge >= 0.3 is 0 Å². The van der Waals surface area contributed by atoms with Crippen LogP contribution in [0.4, 0.5) is 5.69 Å². The highest BCUT2D eigenvalue weighted by Gasteiger charge is 2.02. The molecule has 0 aliphatic rings. The van der Waals surface area contributed by atoms with Gasteiger partial charge in [0, 0.05) is 17.3 Å². The van der Waals surface area contributed by atoms with E-state index in [4.69, 9.17) is 10.5 Å². The summed E-state index contributed by atoms with van der Waals surface area (Å²) < 4.78 is 5.84. The van der Waals surface area contributed by atoms with Crippen LogP contribution >= 0.6 is 0 Å². The van der Waals surface area contributed by atoms with Crippen LogP contribution in [-0.4, -0.2) is 4.98 Å². The van der Waals surface area contributed by atoms with E-state index in [0.717, 1.165) is 27.9 Å². The number of hydrogen-bond donors (Lipinski definition) is 1. The summed E-state index contributed by atoms with van der Waals surface area (Å²) in [5, 5.41) is 1.08. The molecular formula is C16H14N2O. The summed E-state index contributed by atoms with van der Waals surface area (Å²) >= 11 is 0. The molecule has 3 rings (SSSR count). The molecule has 0 aliphatic heterocycles. The van der Waals surface area contributed by atoms with Gasteiger partial charge in [-0.2, -0.15) is 0 Å². The van der Waals surface area contributed by atoms with Crippen molar-refractivity contribution in [3.8, 4) is 5.75 Å². The van der Waals surface area contributed by atoms with E-state index < -0.39 is 0 Å². The van der Waals surface area contributed by atoms with Crippen LogP contribution in [0, 0.1) is 0 Å². The van der Waals surface area contributed by atoms with Crippen molar-refractivity contribution in [2.75, 3.05) is 5.73 Å². The maximum absolute atomic E-state index is 5.84. The lowest BCUT2D eigenvalue weighted by atomic mass is 10.2. The minimum absolute atomic E-state index is 0.510. The van der Waals surface area contributed by atoms with Crippen LogP contribution in [0.1, 0.15) is 5.56 Å². The van der Waals surface area contributed by atoms with Gasteiger partial charge in [0.2, 0.25) is 0 Å². The molecule has 0 saturated heterocycles. The van der Waals surface area contributed by atoms with E-state index in [1.54, 1.807) is 6.20 Å². The summed E-state index contributed by atoms with van der Waals surface area (Å²) in [5.41, 5.74) is 8.39. The van der Waals surface area contributed by atoms with Crippen LogP contribution < -0.4 is 10.5 Å². The number of anilines is 1. The van der Waals surface area contributed by atoms with Crippen molar-refractivity contribution in [2.24, 2.45) is 0 Å². The Hall–Kier alpha value is -2.55. The number of para-hydroxylation sites is 1. The summed E-state index contributed by atoms with van der Waals surface area (Å²) in [5.74, 6) is 0.801. The van der Waals surface area contributed by atoms with Crippen molar-refractivity contribution in [1.29, 1.82) is 0 Å². The number of nitrogens with zero attached hydrogens (tertiary/aromatic N) is 1. The van der Waals surface area contributed by atoms with Crippen molar-refractivity contribution < 1.29 is 4.74 Å². The normalized spacial score (nSPS) is 10.5. The molecule has 19 heavy (non-hydrogen) atoms. The third kappa shape index (κ3) is 2.50. The number of hydrogen-bond acceptors (Lipinski definition) is 3. The van der Waals surface area contributed by atoms with Crippen molar-refractivity contribution in [3.05, 3.63) is 66.4 Å². The predicted molar refractivity (Wildman–Crippen MR) is 76.9 cm³/mol. The third-order valence-electron chi connectivity index (χ3n) is 2.97. The number of aromatic nitrogens is 1. The summed E-state index contributed by atoms with van der Waals surface area (Å²) in [6.07, 6.45) is 1.78. The second kappa shape index (κ2) is 4.98. The minimum atomic E-state index is 0.510. The number of ether oxygens (including phenoxy) is 1. The fourth-order valence-electron chi connectivity index (χ4n) is 1.97. The summed E-state index contributed by atoms with van der Waals surface area (Å²) in [6.45, 7) is 0.510. The second-order valence-corrected chi connectivity index (χ2v) is 4.36. The molecule has 0 saturated carbocycles. The van der Waals surface area contributed by atoms with Gasteiger partial charge in [-0.3, -0.25) is 4.98 Å². The molecule has 0 amide bonds. The molecule has 3 aromatic rings.